The van der Waals surface area contributed by atoms with Crippen LogP contribution in [-0.2, 0) is 4.79 Å². The molecule has 0 saturated carbocycles. The molecule has 0 spiro atoms. The summed E-state index contributed by atoms with van der Waals surface area (Å²) in [7, 11) is 0. The number of carbonyl (C=O) groups excluding carboxylic acids is 1. The zero-order valence-corrected chi connectivity index (χ0v) is 12.1. The van der Waals surface area contributed by atoms with E-state index in [0.717, 1.165) is 12.0 Å². The summed E-state index contributed by atoms with van der Waals surface area (Å²) < 4.78 is 5.47. The van der Waals surface area contributed by atoms with Crippen molar-refractivity contribution >= 4 is 17.5 Å². The van der Waals surface area contributed by atoms with Crippen molar-refractivity contribution in [1.29, 1.82) is 0 Å². The third-order valence-electron chi connectivity index (χ3n) is 2.86. The average molecular weight is 270 g/mol. The molecule has 0 heterocycles. The summed E-state index contributed by atoms with van der Waals surface area (Å²) in [5.41, 5.74) is 0.722. The Morgan fingerprint density at radius 2 is 2.11 bits per heavy atom. The average Bonchev–Trinajstić information content (AvgIpc) is 2.27. The smallest absolute Gasteiger partial charge is 0.258 e. The fraction of sp³-hybridized carbons (Fsp3) is 0.500. The number of rotatable bonds is 5. The van der Waals surface area contributed by atoms with Gasteiger partial charge in [-0.1, -0.05) is 18.5 Å². The first-order chi connectivity index (χ1) is 8.34. The van der Waals surface area contributed by atoms with Gasteiger partial charge in [0, 0.05) is 10.6 Å². The Morgan fingerprint density at radius 3 is 2.67 bits per heavy atom. The van der Waals surface area contributed by atoms with E-state index in [-0.39, 0.29) is 18.1 Å². The minimum atomic E-state index is -0.199. The Kier molecular flexibility index (Phi) is 5.03. The van der Waals surface area contributed by atoms with Crippen LogP contribution < -0.4 is 10.1 Å². The zero-order valence-electron chi connectivity index (χ0n) is 11.3. The van der Waals surface area contributed by atoms with Crippen molar-refractivity contribution in [3.05, 3.63) is 28.8 Å². The van der Waals surface area contributed by atoms with Gasteiger partial charge >= 0.3 is 0 Å². The van der Waals surface area contributed by atoms with Gasteiger partial charge in [0.25, 0.3) is 5.91 Å². The van der Waals surface area contributed by atoms with E-state index in [9.17, 15) is 4.79 Å². The van der Waals surface area contributed by atoms with Crippen molar-refractivity contribution in [2.24, 2.45) is 0 Å². The van der Waals surface area contributed by atoms with E-state index in [0.29, 0.717) is 10.8 Å². The molecule has 1 aromatic rings. The van der Waals surface area contributed by atoms with Crippen molar-refractivity contribution in [3.8, 4) is 5.75 Å². The van der Waals surface area contributed by atoms with E-state index in [4.69, 9.17) is 16.3 Å². The SMILES string of the molecule is CCC(C)(C)NC(=O)COc1ccc(Cl)cc1C. The van der Waals surface area contributed by atoms with Crippen LogP contribution in [0.1, 0.15) is 32.8 Å². The molecule has 1 rings (SSSR count). The molecule has 0 aliphatic rings. The van der Waals surface area contributed by atoms with Crippen LogP contribution in [0, 0.1) is 6.92 Å². The van der Waals surface area contributed by atoms with Crippen LogP contribution in [0.5, 0.6) is 5.75 Å². The maximum atomic E-state index is 11.7. The van der Waals surface area contributed by atoms with E-state index in [1.165, 1.54) is 0 Å². The quantitative estimate of drug-likeness (QED) is 0.890. The summed E-state index contributed by atoms with van der Waals surface area (Å²) >= 11 is 5.85. The van der Waals surface area contributed by atoms with Crippen LogP contribution in [-0.4, -0.2) is 18.1 Å². The number of carbonyl (C=O) groups is 1. The van der Waals surface area contributed by atoms with Crippen molar-refractivity contribution in [3.63, 3.8) is 0 Å². The zero-order chi connectivity index (χ0) is 13.8. The molecule has 18 heavy (non-hydrogen) atoms. The Morgan fingerprint density at radius 1 is 1.44 bits per heavy atom. The number of benzene rings is 1. The highest BCUT2D eigenvalue weighted by Crippen LogP contribution is 2.21. The number of halogens is 1. The fourth-order valence-corrected chi connectivity index (χ4v) is 1.65. The molecule has 0 aliphatic carbocycles. The highest BCUT2D eigenvalue weighted by Gasteiger charge is 2.18. The number of hydrogen-bond acceptors (Lipinski definition) is 2. The minimum Gasteiger partial charge on any atom is -0.484 e. The van der Waals surface area contributed by atoms with Crippen LogP contribution in [0.25, 0.3) is 0 Å². The first kappa shape index (κ1) is 14.8. The normalized spacial score (nSPS) is 11.2. The summed E-state index contributed by atoms with van der Waals surface area (Å²) in [5.74, 6) is 0.569. The molecule has 3 nitrogen and oxygen atoms in total. The molecule has 100 valence electrons. The standard InChI is InChI=1S/C14H20ClNO2/c1-5-14(3,4)16-13(17)9-18-12-7-6-11(15)8-10(12)2/h6-8H,5,9H2,1-4H3,(H,16,17). The molecule has 1 amide bonds. The van der Waals surface area contributed by atoms with Gasteiger partial charge in [-0.15, -0.1) is 0 Å². The topological polar surface area (TPSA) is 38.3 Å². The second kappa shape index (κ2) is 6.10. The molecule has 0 radical (unpaired) electrons. The van der Waals surface area contributed by atoms with E-state index >= 15 is 0 Å². The van der Waals surface area contributed by atoms with Gasteiger partial charge in [-0.25, -0.2) is 0 Å². The molecule has 0 aliphatic heterocycles. The van der Waals surface area contributed by atoms with Crippen molar-refractivity contribution in [2.45, 2.75) is 39.7 Å². The van der Waals surface area contributed by atoms with Gasteiger partial charge < -0.3 is 10.1 Å². The summed E-state index contributed by atoms with van der Waals surface area (Å²) in [6.07, 6.45) is 0.874. The third-order valence-corrected chi connectivity index (χ3v) is 3.09. The van der Waals surface area contributed by atoms with Gasteiger partial charge in [-0.05, 0) is 51.0 Å². The molecular weight excluding hydrogens is 250 g/mol. The van der Waals surface area contributed by atoms with E-state index in [1.54, 1.807) is 12.1 Å². The molecule has 0 fully saturated rings. The van der Waals surface area contributed by atoms with E-state index in [1.807, 2.05) is 33.8 Å². The number of amides is 1. The predicted octanol–water partition coefficient (Wildman–Crippen LogP) is 3.33. The van der Waals surface area contributed by atoms with Gasteiger partial charge in [0.2, 0.25) is 0 Å². The van der Waals surface area contributed by atoms with Gasteiger partial charge in [0.05, 0.1) is 0 Å². The maximum absolute atomic E-state index is 11.7. The number of aryl methyl sites for hydroxylation is 1. The monoisotopic (exact) mass is 269 g/mol. The summed E-state index contributed by atoms with van der Waals surface area (Å²) in [5, 5.41) is 3.58. The Labute approximate surface area is 113 Å². The second-order valence-electron chi connectivity index (χ2n) is 4.98. The second-order valence-corrected chi connectivity index (χ2v) is 5.42. The molecule has 4 heteroatoms. The number of ether oxygens (including phenoxy) is 1. The molecule has 0 aromatic heterocycles. The van der Waals surface area contributed by atoms with E-state index < -0.39 is 0 Å². The Balaban J connectivity index is 2.53. The number of hydrogen-bond donors (Lipinski definition) is 1. The van der Waals surface area contributed by atoms with Gasteiger partial charge in [0.15, 0.2) is 6.61 Å². The van der Waals surface area contributed by atoms with Crippen molar-refractivity contribution < 1.29 is 9.53 Å². The fourth-order valence-electron chi connectivity index (χ4n) is 1.42. The lowest BCUT2D eigenvalue weighted by atomic mass is 10.0. The number of nitrogens with one attached hydrogen (secondary N) is 1. The molecular formula is C14H20ClNO2. The lowest BCUT2D eigenvalue weighted by Gasteiger charge is -2.24. The molecule has 1 aromatic carbocycles. The van der Waals surface area contributed by atoms with Crippen molar-refractivity contribution in [2.75, 3.05) is 6.61 Å². The molecule has 1 N–H and O–H groups in total. The van der Waals surface area contributed by atoms with Gasteiger partial charge in [0.1, 0.15) is 5.75 Å². The lowest BCUT2D eigenvalue weighted by molar-refractivity contribution is -0.124. The summed E-state index contributed by atoms with van der Waals surface area (Å²) in [4.78, 5) is 11.7. The van der Waals surface area contributed by atoms with E-state index in [2.05, 4.69) is 5.32 Å². The van der Waals surface area contributed by atoms with Crippen molar-refractivity contribution in [1.82, 2.24) is 5.32 Å². The highest BCUT2D eigenvalue weighted by atomic mass is 35.5. The summed E-state index contributed by atoms with van der Waals surface area (Å²) in [6, 6.07) is 5.33. The van der Waals surface area contributed by atoms with Gasteiger partial charge in [-0.2, -0.15) is 0 Å². The van der Waals surface area contributed by atoms with Gasteiger partial charge in [-0.3, -0.25) is 4.79 Å². The van der Waals surface area contributed by atoms with Crippen LogP contribution in [0.2, 0.25) is 5.02 Å². The van der Waals surface area contributed by atoms with Crippen LogP contribution in [0.4, 0.5) is 0 Å². The molecule has 0 saturated heterocycles. The Bertz CT molecular complexity index is 430. The minimum absolute atomic E-state index is 0.0197. The third kappa shape index (κ3) is 4.57. The highest BCUT2D eigenvalue weighted by molar-refractivity contribution is 6.30. The first-order valence-electron chi connectivity index (χ1n) is 6.04. The largest absolute Gasteiger partial charge is 0.484 e. The predicted molar refractivity (Wildman–Crippen MR) is 74.2 cm³/mol. The maximum Gasteiger partial charge on any atom is 0.258 e. The Hall–Kier alpha value is -1.22. The van der Waals surface area contributed by atoms with Crippen LogP contribution in [0.3, 0.4) is 0 Å². The summed E-state index contributed by atoms with van der Waals surface area (Å²) in [6.45, 7) is 7.92. The lowest BCUT2D eigenvalue weighted by Crippen LogP contribution is -2.44. The molecule has 0 unspecified atom stereocenters. The molecule has 0 bridgehead atoms. The van der Waals surface area contributed by atoms with Crippen LogP contribution in [0.15, 0.2) is 18.2 Å². The molecule has 0 atom stereocenters. The first-order valence-corrected chi connectivity index (χ1v) is 6.42. The van der Waals surface area contributed by atoms with Crippen LogP contribution >= 0.6 is 11.6 Å².